The highest BCUT2D eigenvalue weighted by molar-refractivity contribution is 14.0. The van der Waals surface area contributed by atoms with E-state index in [-0.39, 0.29) is 29.9 Å². The Labute approximate surface area is 174 Å². The first kappa shape index (κ1) is 22.7. The second kappa shape index (κ2) is 12.1. The van der Waals surface area contributed by atoms with Crippen molar-refractivity contribution in [1.29, 1.82) is 0 Å². The van der Waals surface area contributed by atoms with E-state index in [2.05, 4.69) is 39.7 Å². The number of guanidine groups is 1. The van der Waals surface area contributed by atoms with Crippen LogP contribution in [0.5, 0.6) is 0 Å². The number of piperidine rings is 1. The van der Waals surface area contributed by atoms with Gasteiger partial charge in [0.2, 0.25) is 0 Å². The van der Waals surface area contributed by atoms with Crippen LogP contribution in [0.2, 0.25) is 0 Å². The molecule has 1 amide bonds. The quantitative estimate of drug-likeness (QED) is 0.256. The molecule has 1 aromatic carbocycles. The first-order valence-electron chi connectivity index (χ1n) is 9.14. The van der Waals surface area contributed by atoms with Crippen molar-refractivity contribution < 1.29 is 4.79 Å². The maximum absolute atomic E-state index is 12.0. The molecule has 0 spiro atoms. The number of aliphatic imine (C=N–C) groups is 1. The van der Waals surface area contributed by atoms with Crippen LogP contribution in [0.3, 0.4) is 0 Å². The molecular formula is C19H32IN5O. The minimum Gasteiger partial charge on any atom is -0.355 e. The first-order valence-corrected chi connectivity index (χ1v) is 9.14. The number of hydrogen-bond donors (Lipinski definition) is 3. The molecule has 2 rings (SSSR count). The van der Waals surface area contributed by atoms with Crippen LogP contribution in [0, 0.1) is 0 Å². The van der Waals surface area contributed by atoms with Gasteiger partial charge in [-0.3, -0.25) is 9.79 Å². The van der Waals surface area contributed by atoms with Crippen LogP contribution in [0.1, 0.15) is 37.0 Å². The predicted molar refractivity (Wildman–Crippen MR) is 118 cm³/mol. The first-order chi connectivity index (χ1) is 12.1. The molecule has 1 aliphatic heterocycles. The van der Waals surface area contributed by atoms with E-state index in [1.165, 1.54) is 0 Å². The predicted octanol–water partition coefficient (Wildman–Crippen LogP) is 2.07. The average molecular weight is 473 g/mol. The number of hydrogen-bond acceptors (Lipinski definition) is 3. The fraction of sp³-hybridized carbons (Fsp3) is 0.579. The number of halogens is 1. The third kappa shape index (κ3) is 7.49. The summed E-state index contributed by atoms with van der Waals surface area (Å²) in [6.07, 6.45) is 2.26. The van der Waals surface area contributed by atoms with Gasteiger partial charge in [-0.15, -0.1) is 24.0 Å². The van der Waals surface area contributed by atoms with Gasteiger partial charge in [-0.25, -0.2) is 0 Å². The van der Waals surface area contributed by atoms with Crippen LogP contribution in [0.25, 0.3) is 0 Å². The summed E-state index contributed by atoms with van der Waals surface area (Å²) in [5, 5.41) is 9.66. The van der Waals surface area contributed by atoms with Crippen LogP contribution in [0.4, 0.5) is 0 Å². The van der Waals surface area contributed by atoms with E-state index >= 15 is 0 Å². The summed E-state index contributed by atoms with van der Waals surface area (Å²) in [5.74, 6) is 0.753. The third-order valence-corrected chi connectivity index (χ3v) is 4.56. The van der Waals surface area contributed by atoms with Gasteiger partial charge in [-0.1, -0.05) is 18.2 Å². The highest BCUT2D eigenvalue weighted by atomic mass is 127. The lowest BCUT2D eigenvalue weighted by molar-refractivity contribution is 0.0954. The number of nitrogens with zero attached hydrogens (tertiary/aromatic N) is 2. The molecular weight excluding hydrogens is 441 g/mol. The summed E-state index contributed by atoms with van der Waals surface area (Å²) in [4.78, 5) is 18.8. The van der Waals surface area contributed by atoms with E-state index < -0.39 is 0 Å². The number of benzene rings is 1. The lowest BCUT2D eigenvalue weighted by atomic mass is 10.0. The van der Waals surface area contributed by atoms with Crippen molar-refractivity contribution in [2.45, 2.75) is 38.8 Å². The molecule has 0 atom stereocenters. The molecule has 3 N–H and O–H groups in total. The van der Waals surface area contributed by atoms with E-state index in [0.29, 0.717) is 30.7 Å². The van der Waals surface area contributed by atoms with E-state index in [9.17, 15) is 4.79 Å². The summed E-state index contributed by atoms with van der Waals surface area (Å²) >= 11 is 0. The van der Waals surface area contributed by atoms with Gasteiger partial charge in [-0.05, 0) is 38.8 Å². The van der Waals surface area contributed by atoms with Gasteiger partial charge in [0, 0.05) is 50.9 Å². The molecule has 0 saturated carbocycles. The lowest BCUT2D eigenvalue weighted by Gasteiger charge is -2.35. The molecule has 6 nitrogen and oxygen atoms in total. The zero-order valence-electron chi connectivity index (χ0n) is 16.0. The fourth-order valence-electron chi connectivity index (χ4n) is 3.00. The molecule has 1 heterocycles. The van der Waals surface area contributed by atoms with Gasteiger partial charge in [-0.2, -0.15) is 0 Å². The van der Waals surface area contributed by atoms with E-state index in [0.717, 1.165) is 31.9 Å². The normalized spacial score (nSPS) is 16.1. The summed E-state index contributed by atoms with van der Waals surface area (Å²) in [5.41, 5.74) is 0.682. The van der Waals surface area contributed by atoms with E-state index in [4.69, 9.17) is 0 Å². The average Bonchev–Trinajstić information content (AvgIpc) is 2.65. The number of likely N-dealkylation sites (tertiary alicyclic amines) is 1. The maximum atomic E-state index is 12.0. The number of nitrogens with one attached hydrogen (secondary N) is 3. The Morgan fingerprint density at radius 1 is 1.15 bits per heavy atom. The van der Waals surface area contributed by atoms with Gasteiger partial charge in [0.05, 0.1) is 0 Å². The van der Waals surface area contributed by atoms with Gasteiger partial charge in [0.25, 0.3) is 5.91 Å². The fourth-order valence-corrected chi connectivity index (χ4v) is 3.00. The third-order valence-electron chi connectivity index (χ3n) is 4.56. The smallest absolute Gasteiger partial charge is 0.251 e. The summed E-state index contributed by atoms with van der Waals surface area (Å²) in [7, 11) is 1.78. The zero-order valence-corrected chi connectivity index (χ0v) is 18.3. The molecule has 1 aromatic rings. The maximum Gasteiger partial charge on any atom is 0.251 e. The monoisotopic (exact) mass is 473 g/mol. The Hall–Kier alpha value is -1.35. The Balaban J connectivity index is 0.00000338. The highest BCUT2D eigenvalue weighted by Crippen LogP contribution is 2.12. The van der Waals surface area contributed by atoms with E-state index in [1.807, 2.05) is 30.3 Å². The lowest BCUT2D eigenvalue weighted by Crippen LogP contribution is -2.50. The topological polar surface area (TPSA) is 68.8 Å². The number of rotatable bonds is 6. The van der Waals surface area contributed by atoms with Crippen molar-refractivity contribution in [1.82, 2.24) is 20.9 Å². The van der Waals surface area contributed by atoms with Crippen LogP contribution in [-0.4, -0.2) is 62.1 Å². The molecule has 0 bridgehead atoms. The molecule has 1 aliphatic rings. The standard InChI is InChI=1S/C19H31N5O.HI/c1-15(2)24-13-9-17(10-14-24)23-19(20-3)22-12-11-21-18(25)16-7-5-4-6-8-16;/h4-8,15,17H,9-14H2,1-3H3,(H,21,25)(H2,20,22,23);1H. The molecule has 0 radical (unpaired) electrons. The minimum absolute atomic E-state index is 0. The molecule has 0 aliphatic carbocycles. The van der Waals surface area contributed by atoms with Crippen molar-refractivity contribution in [3.8, 4) is 0 Å². The van der Waals surface area contributed by atoms with Crippen molar-refractivity contribution in [2.24, 2.45) is 4.99 Å². The van der Waals surface area contributed by atoms with Crippen LogP contribution < -0.4 is 16.0 Å². The minimum atomic E-state index is -0.0496. The SMILES string of the molecule is CN=C(NCCNC(=O)c1ccccc1)NC1CCN(C(C)C)CC1.I. The molecule has 146 valence electrons. The van der Waals surface area contributed by atoms with Gasteiger partial charge in [0.1, 0.15) is 0 Å². The van der Waals surface area contributed by atoms with Gasteiger partial charge < -0.3 is 20.9 Å². The largest absolute Gasteiger partial charge is 0.355 e. The van der Waals surface area contributed by atoms with Crippen LogP contribution in [0.15, 0.2) is 35.3 Å². The molecule has 26 heavy (non-hydrogen) atoms. The Morgan fingerprint density at radius 3 is 2.35 bits per heavy atom. The van der Waals surface area contributed by atoms with Crippen LogP contribution in [-0.2, 0) is 0 Å². The summed E-state index contributed by atoms with van der Waals surface area (Å²) < 4.78 is 0. The van der Waals surface area contributed by atoms with Crippen molar-refractivity contribution >= 4 is 35.8 Å². The van der Waals surface area contributed by atoms with Crippen molar-refractivity contribution in [2.75, 3.05) is 33.2 Å². The van der Waals surface area contributed by atoms with Crippen LogP contribution >= 0.6 is 24.0 Å². The second-order valence-corrected chi connectivity index (χ2v) is 6.67. The van der Waals surface area contributed by atoms with E-state index in [1.54, 1.807) is 7.05 Å². The summed E-state index contributed by atoms with van der Waals surface area (Å²) in [6.45, 7) is 7.94. The molecule has 0 unspecified atom stereocenters. The molecule has 1 fully saturated rings. The Kier molecular flexibility index (Phi) is 10.6. The number of carbonyl (C=O) groups is 1. The molecule has 1 saturated heterocycles. The number of carbonyl (C=O) groups excluding carboxylic acids is 1. The molecule has 0 aromatic heterocycles. The highest BCUT2D eigenvalue weighted by Gasteiger charge is 2.21. The van der Waals surface area contributed by atoms with Crippen molar-refractivity contribution in [3.63, 3.8) is 0 Å². The second-order valence-electron chi connectivity index (χ2n) is 6.67. The van der Waals surface area contributed by atoms with Gasteiger partial charge >= 0.3 is 0 Å². The number of amides is 1. The Bertz CT molecular complexity index is 556. The molecule has 7 heteroatoms. The zero-order chi connectivity index (χ0) is 18.1. The van der Waals surface area contributed by atoms with Crippen molar-refractivity contribution in [3.05, 3.63) is 35.9 Å². The van der Waals surface area contributed by atoms with Gasteiger partial charge in [0.15, 0.2) is 5.96 Å². The summed E-state index contributed by atoms with van der Waals surface area (Å²) in [6, 6.07) is 10.3. The Morgan fingerprint density at radius 2 is 1.77 bits per heavy atom.